The molecule has 0 saturated carbocycles. The molecule has 0 aliphatic carbocycles. The summed E-state index contributed by atoms with van der Waals surface area (Å²) >= 11 is 0. The Kier molecular flexibility index (Phi) is 6.41. The van der Waals surface area contributed by atoms with E-state index in [2.05, 4.69) is 21.6 Å². The molecule has 0 atom stereocenters. The molecule has 0 bridgehead atoms. The normalized spacial score (nSPS) is 16.7. The van der Waals surface area contributed by atoms with E-state index < -0.39 is 15.9 Å². The molecule has 0 unspecified atom stereocenters. The number of benzene rings is 2. The number of carbonyl (C=O) groups excluding carboxylic acids is 1. The summed E-state index contributed by atoms with van der Waals surface area (Å²) in [6, 6.07) is 11.0. The van der Waals surface area contributed by atoms with E-state index >= 15 is 0 Å². The molecule has 2 aliphatic rings. The van der Waals surface area contributed by atoms with Gasteiger partial charge in [-0.15, -0.1) is 0 Å². The number of morpholine rings is 1. The van der Waals surface area contributed by atoms with E-state index in [4.69, 9.17) is 9.47 Å². The summed E-state index contributed by atoms with van der Waals surface area (Å²) in [5, 5.41) is 15.8. The molecule has 4 rings (SSSR count). The molecule has 9 nitrogen and oxygen atoms in total. The Hall–Kier alpha value is -3.39. The van der Waals surface area contributed by atoms with Crippen LogP contribution in [-0.4, -0.2) is 58.8 Å². The molecule has 2 N–H and O–H groups in total. The first-order chi connectivity index (χ1) is 15.4. The fourth-order valence-electron chi connectivity index (χ4n) is 3.45. The number of rotatable bonds is 6. The highest BCUT2D eigenvalue weighted by atomic mass is 32.2. The molecule has 1 fully saturated rings. The minimum Gasteiger partial charge on any atom is -0.491 e. The molecular formula is C22H22N4O5S. The van der Waals surface area contributed by atoms with Crippen molar-refractivity contribution in [3.8, 4) is 11.8 Å². The van der Waals surface area contributed by atoms with E-state index in [-0.39, 0.29) is 4.90 Å². The zero-order valence-electron chi connectivity index (χ0n) is 17.2. The highest BCUT2D eigenvalue weighted by molar-refractivity contribution is 7.94. The lowest BCUT2D eigenvalue weighted by atomic mass is 10.2. The van der Waals surface area contributed by atoms with Crippen LogP contribution in [0.3, 0.4) is 0 Å². The number of nitriles is 1. The molecule has 2 aromatic rings. The number of nitrogens with zero attached hydrogens (tertiary/aromatic N) is 2. The highest BCUT2D eigenvalue weighted by Gasteiger charge is 2.21. The first kappa shape index (κ1) is 21.8. The van der Waals surface area contributed by atoms with Gasteiger partial charge < -0.3 is 20.1 Å². The molecule has 0 radical (unpaired) electrons. The van der Waals surface area contributed by atoms with Gasteiger partial charge in [0.2, 0.25) is 9.84 Å². The third-order valence-electron chi connectivity index (χ3n) is 5.13. The van der Waals surface area contributed by atoms with Crippen molar-refractivity contribution in [2.45, 2.75) is 4.90 Å². The average Bonchev–Trinajstić information content (AvgIpc) is 3.09. The van der Waals surface area contributed by atoms with Crippen LogP contribution in [-0.2, 0) is 14.6 Å². The number of hydrogen-bond donors (Lipinski definition) is 2. The van der Waals surface area contributed by atoms with Crippen molar-refractivity contribution in [3.05, 3.63) is 52.9 Å². The predicted octanol–water partition coefficient (Wildman–Crippen LogP) is 2.67. The molecule has 2 aliphatic heterocycles. The molecule has 0 spiro atoms. The molecule has 2 amide bonds. The van der Waals surface area contributed by atoms with Crippen LogP contribution in [0.1, 0.15) is 11.1 Å². The first-order valence-electron chi connectivity index (χ1n) is 10.1. The Labute approximate surface area is 186 Å². The van der Waals surface area contributed by atoms with E-state index in [0.717, 1.165) is 18.5 Å². The minimum absolute atomic E-state index is 0.157. The number of anilines is 2. The molecule has 2 aromatic carbocycles. The second kappa shape index (κ2) is 9.40. The first-order valence-corrected chi connectivity index (χ1v) is 11.6. The van der Waals surface area contributed by atoms with Crippen molar-refractivity contribution in [2.75, 3.05) is 50.1 Å². The van der Waals surface area contributed by atoms with E-state index in [0.29, 0.717) is 54.6 Å². The third kappa shape index (κ3) is 5.08. The van der Waals surface area contributed by atoms with Gasteiger partial charge in [-0.25, -0.2) is 13.2 Å². The van der Waals surface area contributed by atoms with Crippen molar-refractivity contribution in [1.29, 1.82) is 5.26 Å². The van der Waals surface area contributed by atoms with Crippen LogP contribution in [0, 0.1) is 11.3 Å². The molecule has 0 aromatic heterocycles. The molecule has 2 heterocycles. The number of ether oxygens (including phenoxy) is 2. The van der Waals surface area contributed by atoms with Gasteiger partial charge in [-0.05, 0) is 35.9 Å². The average molecular weight is 455 g/mol. The van der Waals surface area contributed by atoms with Crippen molar-refractivity contribution < 1.29 is 22.7 Å². The molecule has 1 saturated heterocycles. The number of hydrogen-bond acceptors (Lipinski definition) is 7. The summed E-state index contributed by atoms with van der Waals surface area (Å²) in [5.41, 5.74) is 1.75. The summed E-state index contributed by atoms with van der Waals surface area (Å²) in [7, 11) is -3.46. The van der Waals surface area contributed by atoms with Gasteiger partial charge in [0.15, 0.2) is 0 Å². The van der Waals surface area contributed by atoms with E-state index in [9.17, 15) is 18.5 Å². The van der Waals surface area contributed by atoms with E-state index in [1.165, 1.54) is 12.1 Å². The number of fused-ring (bicyclic) bond motifs is 1. The van der Waals surface area contributed by atoms with Gasteiger partial charge in [0, 0.05) is 42.5 Å². The minimum atomic E-state index is -3.46. The smallest absolute Gasteiger partial charge is 0.323 e. The maximum absolute atomic E-state index is 12.4. The topological polar surface area (TPSA) is 121 Å². The van der Waals surface area contributed by atoms with Gasteiger partial charge >= 0.3 is 6.03 Å². The van der Waals surface area contributed by atoms with Crippen LogP contribution in [0.2, 0.25) is 0 Å². The fourth-order valence-corrected chi connectivity index (χ4v) is 4.68. The van der Waals surface area contributed by atoms with Crippen molar-refractivity contribution in [1.82, 2.24) is 4.90 Å². The van der Waals surface area contributed by atoms with E-state index in [1.54, 1.807) is 30.3 Å². The predicted molar refractivity (Wildman–Crippen MR) is 119 cm³/mol. The summed E-state index contributed by atoms with van der Waals surface area (Å²) < 4.78 is 35.1. The molecule has 10 heteroatoms. The Morgan fingerprint density at radius 3 is 2.59 bits per heavy atom. The van der Waals surface area contributed by atoms with Gasteiger partial charge in [-0.3, -0.25) is 4.90 Å². The highest BCUT2D eigenvalue weighted by Crippen LogP contribution is 2.29. The summed E-state index contributed by atoms with van der Waals surface area (Å²) in [4.78, 5) is 14.8. The molecular weight excluding hydrogens is 432 g/mol. The summed E-state index contributed by atoms with van der Waals surface area (Å²) in [6.07, 6.45) is 1.52. The Morgan fingerprint density at radius 1 is 1.12 bits per heavy atom. The Balaban J connectivity index is 1.38. The van der Waals surface area contributed by atoms with Crippen molar-refractivity contribution >= 4 is 33.3 Å². The lowest BCUT2D eigenvalue weighted by molar-refractivity contribution is 0.0322. The van der Waals surface area contributed by atoms with Gasteiger partial charge in [0.25, 0.3) is 0 Å². The second-order valence-electron chi connectivity index (χ2n) is 7.30. The Morgan fingerprint density at radius 2 is 1.84 bits per heavy atom. The van der Waals surface area contributed by atoms with Gasteiger partial charge in [0.1, 0.15) is 18.4 Å². The lowest BCUT2D eigenvalue weighted by Gasteiger charge is -2.26. The van der Waals surface area contributed by atoms with Crippen LogP contribution in [0.5, 0.6) is 5.75 Å². The zero-order chi connectivity index (χ0) is 22.6. The van der Waals surface area contributed by atoms with Crippen LogP contribution in [0.4, 0.5) is 16.2 Å². The maximum atomic E-state index is 12.4. The molecule has 166 valence electrons. The lowest BCUT2D eigenvalue weighted by Crippen LogP contribution is -2.38. The number of amides is 2. The standard InChI is InChI=1S/C22H22N4O5S/c23-15-17-2-4-18(13-20(17)31-11-8-26-6-9-30-10-7-26)24-22(27)25-19-3-1-16-5-12-32(28,29)21(16)14-19/h1-5,12-14H,6-11H2,(H2,24,25,27). The maximum Gasteiger partial charge on any atom is 0.323 e. The number of nitrogens with one attached hydrogen (secondary N) is 2. The summed E-state index contributed by atoms with van der Waals surface area (Å²) in [6.45, 7) is 4.20. The SMILES string of the molecule is N#Cc1ccc(NC(=O)Nc2ccc3c(c2)S(=O)(=O)C=C3)cc1OCCN1CCOCC1. The quantitative estimate of drug-likeness (QED) is 0.688. The zero-order valence-corrected chi connectivity index (χ0v) is 18.0. The van der Waals surface area contributed by atoms with Crippen molar-refractivity contribution in [3.63, 3.8) is 0 Å². The van der Waals surface area contributed by atoms with Gasteiger partial charge in [-0.1, -0.05) is 6.07 Å². The largest absolute Gasteiger partial charge is 0.491 e. The second-order valence-corrected chi connectivity index (χ2v) is 9.11. The Bertz CT molecular complexity index is 1200. The fraction of sp³-hybridized carbons (Fsp3) is 0.273. The number of carbonyl (C=O) groups is 1. The van der Waals surface area contributed by atoms with Gasteiger partial charge in [0.05, 0.1) is 23.7 Å². The van der Waals surface area contributed by atoms with Crippen LogP contribution >= 0.6 is 0 Å². The number of sulfone groups is 1. The number of urea groups is 1. The summed E-state index contributed by atoms with van der Waals surface area (Å²) in [5.74, 6) is 0.383. The van der Waals surface area contributed by atoms with Crippen LogP contribution < -0.4 is 15.4 Å². The van der Waals surface area contributed by atoms with E-state index in [1.807, 2.05) is 0 Å². The van der Waals surface area contributed by atoms with Crippen molar-refractivity contribution in [2.24, 2.45) is 0 Å². The van der Waals surface area contributed by atoms with Gasteiger partial charge in [-0.2, -0.15) is 5.26 Å². The van der Waals surface area contributed by atoms with Crippen LogP contribution in [0.15, 0.2) is 46.7 Å². The van der Waals surface area contributed by atoms with Crippen LogP contribution in [0.25, 0.3) is 6.08 Å². The molecule has 32 heavy (non-hydrogen) atoms. The third-order valence-corrected chi connectivity index (χ3v) is 6.59. The monoisotopic (exact) mass is 454 g/mol.